The molecule has 5 nitrogen and oxygen atoms in total. The largest absolute Gasteiger partial charge is 0.478 e. The third-order valence-corrected chi connectivity index (χ3v) is 2.97. The molecular weight excluding hydrogens is 263 g/mol. The van der Waals surface area contributed by atoms with Crippen molar-refractivity contribution in [1.82, 2.24) is 9.55 Å². The Labute approximate surface area is 114 Å². The van der Waals surface area contributed by atoms with Gasteiger partial charge in [0, 0.05) is 17.0 Å². The highest BCUT2D eigenvalue weighted by Gasteiger charge is 2.11. The predicted molar refractivity (Wildman–Crippen MR) is 70.4 cm³/mol. The molecule has 0 aliphatic rings. The number of rotatable bonds is 3. The van der Waals surface area contributed by atoms with Gasteiger partial charge in [-0.1, -0.05) is 0 Å². The van der Waals surface area contributed by atoms with Crippen LogP contribution in [0.2, 0.25) is 0 Å². The molecule has 104 valence electrons. The molecule has 0 unspecified atom stereocenters. The van der Waals surface area contributed by atoms with Crippen molar-refractivity contribution in [3.05, 3.63) is 63.1 Å². The number of benzene rings is 1. The minimum absolute atomic E-state index is 0.0211. The van der Waals surface area contributed by atoms with Crippen LogP contribution in [0.15, 0.2) is 29.1 Å². The molecule has 0 spiro atoms. The minimum Gasteiger partial charge on any atom is -0.478 e. The molecule has 1 aromatic carbocycles. The van der Waals surface area contributed by atoms with E-state index < -0.39 is 17.5 Å². The number of carboxylic acids is 1. The van der Waals surface area contributed by atoms with Crippen LogP contribution in [0.5, 0.6) is 0 Å². The fourth-order valence-corrected chi connectivity index (χ4v) is 1.97. The van der Waals surface area contributed by atoms with E-state index in [0.29, 0.717) is 11.4 Å². The number of hydrogen-bond donors (Lipinski definition) is 1. The van der Waals surface area contributed by atoms with Crippen LogP contribution in [0.3, 0.4) is 0 Å². The van der Waals surface area contributed by atoms with Gasteiger partial charge in [-0.25, -0.2) is 14.0 Å². The summed E-state index contributed by atoms with van der Waals surface area (Å²) in [7, 11) is 0. The molecule has 0 aliphatic heterocycles. The maximum atomic E-state index is 13.7. The minimum atomic E-state index is -1.14. The van der Waals surface area contributed by atoms with Gasteiger partial charge in [0.25, 0.3) is 0 Å². The van der Waals surface area contributed by atoms with Crippen LogP contribution >= 0.6 is 0 Å². The second-order valence-corrected chi connectivity index (χ2v) is 4.52. The molecular formula is C14H13FN2O3. The average Bonchev–Trinajstić information content (AvgIpc) is 2.35. The van der Waals surface area contributed by atoms with Crippen molar-refractivity contribution in [3.63, 3.8) is 0 Å². The fraction of sp³-hybridized carbons (Fsp3) is 0.214. The van der Waals surface area contributed by atoms with E-state index in [1.54, 1.807) is 19.9 Å². The van der Waals surface area contributed by atoms with Crippen LogP contribution in [-0.4, -0.2) is 20.6 Å². The van der Waals surface area contributed by atoms with Crippen molar-refractivity contribution >= 4 is 5.97 Å². The Kier molecular flexibility index (Phi) is 3.65. The summed E-state index contributed by atoms with van der Waals surface area (Å²) < 4.78 is 15.0. The Morgan fingerprint density at radius 1 is 1.35 bits per heavy atom. The van der Waals surface area contributed by atoms with Gasteiger partial charge in [-0.2, -0.15) is 4.98 Å². The smallest absolute Gasteiger partial charge is 0.348 e. The van der Waals surface area contributed by atoms with Crippen molar-refractivity contribution < 1.29 is 14.3 Å². The highest BCUT2D eigenvalue weighted by Crippen LogP contribution is 2.13. The van der Waals surface area contributed by atoms with Crippen molar-refractivity contribution in [3.8, 4) is 0 Å². The van der Waals surface area contributed by atoms with Gasteiger partial charge in [0.05, 0.1) is 12.1 Å². The Bertz CT molecular complexity index is 738. The fourth-order valence-electron chi connectivity index (χ4n) is 1.97. The number of nitrogens with zero attached hydrogens (tertiary/aromatic N) is 2. The van der Waals surface area contributed by atoms with E-state index in [0.717, 1.165) is 6.07 Å². The number of aromatic nitrogens is 2. The van der Waals surface area contributed by atoms with Crippen LogP contribution in [0.1, 0.15) is 27.3 Å². The Morgan fingerprint density at radius 2 is 2.05 bits per heavy atom. The summed E-state index contributed by atoms with van der Waals surface area (Å²) >= 11 is 0. The van der Waals surface area contributed by atoms with Crippen LogP contribution in [-0.2, 0) is 6.54 Å². The molecule has 0 saturated carbocycles. The number of hydrogen-bond acceptors (Lipinski definition) is 3. The molecule has 1 aromatic heterocycles. The summed E-state index contributed by atoms with van der Waals surface area (Å²) in [6.45, 7) is 3.37. The lowest BCUT2D eigenvalue weighted by atomic mass is 10.1. The molecule has 0 amide bonds. The molecule has 0 radical (unpaired) electrons. The predicted octanol–water partition coefficient (Wildman–Crippen LogP) is 1.75. The van der Waals surface area contributed by atoms with E-state index in [1.807, 2.05) is 0 Å². The zero-order valence-electron chi connectivity index (χ0n) is 11.1. The van der Waals surface area contributed by atoms with Crippen LogP contribution in [0.4, 0.5) is 4.39 Å². The third kappa shape index (κ3) is 2.74. The lowest BCUT2D eigenvalue weighted by Crippen LogP contribution is -2.26. The summed E-state index contributed by atoms with van der Waals surface area (Å²) in [4.78, 5) is 26.5. The maximum absolute atomic E-state index is 13.7. The number of aromatic carboxylic acids is 1. The zero-order valence-corrected chi connectivity index (χ0v) is 11.1. The topological polar surface area (TPSA) is 72.2 Å². The highest BCUT2D eigenvalue weighted by atomic mass is 19.1. The second kappa shape index (κ2) is 5.24. The van der Waals surface area contributed by atoms with Gasteiger partial charge >= 0.3 is 11.7 Å². The van der Waals surface area contributed by atoms with E-state index in [1.165, 1.54) is 16.7 Å². The van der Waals surface area contributed by atoms with Crippen LogP contribution < -0.4 is 5.69 Å². The summed E-state index contributed by atoms with van der Waals surface area (Å²) in [6, 6.07) is 5.20. The Hall–Kier alpha value is -2.50. The molecule has 0 bridgehead atoms. The van der Waals surface area contributed by atoms with Crippen molar-refractivity contribution in [2.45, 2.75) is 20.4 Å². The lowest BCUT2D eigenvalue weighted by molar-refractivity contribution is 0.0696. The monoisotopic (exact) mass is 276 g/mol. The molecule has 1 heterocycles. The van der Waals surface area contributed by atoms with Crippen molar-refractivity contribution in [1.29, 1.82) is 0 Å². The summed E-state index contributed by atoms with van der Waals surface area (Å²) in [5.74, 6) is -1.70. The third-order valence-electron chi connectivity index (χ3n) is 2.97. The van der Waals surface area contributed by atoms with Crippen LogP contribution in [0, 0.1) is 19.7 Å². The van der Waals surface area contributed by atoms with E-state index in [-0.39, 0.29) is 17.7 Å². The van der Waals surface area contributed by atoms with E-state index in [9.17, 15) is 14.0 Å². The number of carboxylic acid groups (broad SMARTS) is 1. The van der Waals surface area contributed by atoms with Gasteiger partial charge in [-0.05, 0) is 38.1 Å². The highest BCUT2D eigenvalue weighted by molar-refractivity contribution is 5.87. The Balaban J connectivity index is 2.47. The summed E-state index contributed by atoms with van der Waals surface area (Å²) in [6.07, 6.45) is 0. The molecule has 2 rings (SSSR count). The van der Waals surface area contributed by atoms with Gasteiger partial charge in [0.15, 0.2) is 0 Å². The summed E-state index contributed by atoms with van der Waals surface area (Å²) in [5.41, 5.74) is 0.863. The van der Waals surface area contributed by atoms with Gasteiger partial charge in [-0.15, -0.1) is 0 Å². The first-order valence-corrected chi connectivity index (χ1v) is 5.95. The maximum Gasteiger partial charge on any atom is 0.348 e. The molecule has 0 atom stereocenters. The average molecular weight is 276 g/mol. The van der Waals surface area contributed by atoms with Gasteiger partial charge in [0.1, 0.15) is 5.82 Å². The van der Waals surface area contributed by atoms with Gasteiger partial charge < -0.3 is 5.11 Å². The number of halogens is 1. The number of carbonyl (C=O) groups is 1. The molecule has 0 saturated heterocycles. The summed E-state index contributed by atoms with van der Waals surface area (Å²) in [5, 5.41) is 8.91. The van der Waals surface area contributed by atoms with E-state index >= 15 is 0 Å². The first kappa shape index (κ1) is 13.9. The van der Waals surface area contributed by atoms with Crippen molar-refractivity contribution in [2.24, 2.45) is 0 Å². The molecule has 0 fully saturated rings. The van der Waals surface area contributed by atoms with E-state index in [4.69, 9.17) is 5.11 Å². The molecule has 0 aliphatic carbocycles. The molecule has 6 heteroatoms. The first-order valence-electron chi connectivity index (χ1n) is 5.95. The molecule has 20 heavy (non-hydrogen) atoms. The van der Waals surface area contributed by atoms with Crippen LogP contribution in [0.25, 0.3) is 0 Å². The molecule has 2 aromatic rings. The number of aryl methyl sites for hydroxylation is 2. The second-order valence-electron chi connectivity index (χ2n) is 4.52. The first-order chi connectivity index (χ1) is 9.38. The van der Waals surface area contributed by atoms with E-state index in [2.05, 4.69) is 4.98 Å². The molecule has 1 N–H and O–H groups in total. The Morgan fingerprint density at radius 3 is 2.65 bits per heavy atom. The van der Waals surface area contributed by atoms with Gasteiger partial charge in [0.2, 0.25) is 0 Å². The van der Waals surface area contributed by atoms with Crippen molar-refractivity contribution in [2.75, 3.05) is 0 Å². The lowest BCUT2D eigenvalue weighted by Gasteiger charge is -2.11. The standard InChI is InChI=1S/C14H13FN2O3/c1-8-5-9(2)17(14(20)16-8)7-11-6-10(13(18)19)3-4-12(11)15/h3-6H,7H2,1-2H3,(H,18,19). The van der Waals surface area contributed by atoms with Gasteiger partial charge in [-0.3, -0.25) is 4.57 Å². The zero-order chi connectivity index (χ0) is 14.9. The SMILES string of the molecule is Cc1cc(C)n(Cc2cc(C(=O)O)ccc2F)c(=O)n1. The normalized spacial score (nSPS) is 10.6. The quantitative estimate of drug-likeness (QED) is 0.927.